The Morgan fingerprint density at radius 2 is 1.65 bits per heavy atom. The van der Waals surface area contributed by atoms with Crippen LogP contribution in [0.4, 0.5) is 5.69 Å². The molecule has 1 heterocycles. The summed E-state index contributed by atoms with van der Waals surface area (Å²) in [7, 11) is 4.39. The Hall–Kier alpha value is -1.54. The topological polar surface area (TPSA) is 6.48 Å². The standard InChI is InChI=1S/C18H24N2/c1-14-6-4-7-15-8-5-9-17(18(14)15)20-12-10-16(11-13-20)19(2)3/h4-9,16H,10-13H2,1-3H3. The lowest BCUT2D eigenvalue weighted by molar-refractivity contribution is 0.250. The van der Waals surface area contributed by atoms with Crippen molar-refractivity contribution in [3.63, 3.8) is 0 Å². The second-order valence-corrected chi connectivity index (χ2v) is 6.13. The molecule has 0 aromatic heterocycles. The first kappa shape index (κ1) is 13.4. The molecule has 2 aromatic rings. The van der Waals surface area contributed by atoms with Crippen molar-refractivity contribution in [3.05, 3.63) is 42.0 Å². The number of piperidine rings is 1. The number of rotatable bonds is 2. The van der Waals surface area contributed by atoms with Gasteiger partial charge in [0.05, 0.1) is 0 Å². The molecular weight excluding hydrogens is 244 g/mol. The highest BCUT2D eigenvalue weighted by Crippen LogP contribution is 2.31. The lowest BCUT2D eigenvalue weighted by atomic mass is 9.99. The third-order valence-electron chi connectivity index (χ3n) is 4.63. The molecule has 2 aromatic carbocycles. The van der Waals surface area contributed by atoms with Gasteiger partial charge >= 0.3 is 0 Å². The molecule has 0 atom stereocenters. The van der Waals surface area contributed by atoms with Crippen LogP contribution in [0.2, 0.25) is 0 Å². The summed E-state index contributed by atoms with van der Waals surface area (Å²) in [6.07, 6.45) is 2.52. The van der Waals surface area contributed by atoms with Crippen LogP contribution < -0.4 is 4.90 Å². The van der Waals surface area contributed by atoms with E-state index in [9.17, 15) is 0 Å². The Morgan fingerprint density at radius 1 is 1.00 bits per heavy atom. The zero-order valence-electron chi connectivity index (χ0n) is 12.8. The highest BCUT2D eigenvalue weighted by Gasteiger charge is 2.21. The van der Waals surface area contributed by atoms with Gasteiger partial charge in [0.1, 0.15) is 0 Å². The van der Waals surface area contributed by atoms with Gasteiger partial charge in [0.25, 0.3) is 0 Å². The van der Waals surface area contributed by atoms with Crippen LogP contribution in [0.15, 0.2) is 36.4 Å². The molecule has 2 nitrogen and oxygen atoms in total. The van der Waals surface area contributed by atoms with Gasteiger partial charge in [-0.25, -0.2) is 0 Å². The fourth-order valence-corrected chi connectivity index (χ4v) is 3.39. The molecule has 1 aliphatic rings. The van der Waals surface area contributed by atoms with Gasteiger partial charge in [-0.05, 0) is 50.9 Å². The second-order valence-electron chi connectivity index (χ2n) is 6.13. The van der Waals surface area contributed by atoms with Gasteiger partial charge in [0, 0.05) is 30.2 Å². The van der Waals surface area contributed by atoms with Gasteiger partial charge in [0.2, 0.25) is 0 Å². The minimum Gasteiger partial charge on any atom is -0.371 e. The lowest BCUT2D eigenvalue weighted by Gasteiger charge is -2.37. The molecular formula is C18H24N2. The molecule has 106 valence electrons. The molecule has 1 saturated heterocycles. The van der Waals surface area contributed by atoms with Crippen LogP contribution in [-0.4, -0.2) is 38.1 Å². The minimum absolute atomic E-state index is 0.738. The number of fused-ring (bicyclic) bond motifs is 1. The maximum Gasteiger partial charge on any atom is 0.0448 e. The largest absolute Gasteiger partial charge is 0.371 e. The summed E-state index contributed by atoms with van der Waals surface area (Å²) in [6.45, 7) is 4.55. The molecule has 0 spiro atoms. The number of nitrogens with zero attached hydrogens (tertiary/aromatic N) is 2. The summed E-state index contributed by atoms with van der Waals surface area (Å²) in [4.78, 5) is 4.93. The number of hydrogen-bond donors (Lipinski definition) is 0. The Morgan fingerprint density at radius 3 is 2.30 bits per heavy atom. The average molecular weight is 268 g/mol. The first-order valence-electron chi connectivity index (χ1n) is 7.56. The fraction of sp³-hybridized carbons (Fsp3) is 0.444. The smallest absolute Gasteiger partial charge is 0.0448 e. The molecule has 0 N–H and O–H groups in total. The number of benzene rings is 2. The Kier molecular flexibility index (Phi) is 3.66. The lowest BCUT2D eigenvalue weighted by Crippen LogP contribution is -2.42. The maximum atomic E-state index is 2.56. The highest BCUT2D eigenvalue weighted by atomic mass is 15.2. The number of hydrogen-bond acceptors (Lipinski definition) is 2. The van der Waals surface area contributed by atoms with Crippen molar-refractivity contribution in [2.45, 2.75) is 25.8 Å². The van der Waals surface area contributed by atoms with Gasteiger partial charge in [-0.15, -0.1) is 0 Å². The molecule has 0 aliphatic carbocycles. The molecule has 2 heteroatoms. The minimum atomic E-state index is 0.738. The van der Waals surface area contributed by atoms with Crippen LogP contribution in [0.3, 0.4) is 0 Å². The molecule has 1 aliphatic heterocycles. The van der Waals surface area contributed by atoms with Gasteiger partial charge in [-0.3, -0.25) is 0 Å². The van der Waals surface area contributed by atoms with Crippen molar-refractivity contribution in [1.82, 2.24) is 4.90 Å². The van der Waals surface area contributed by atoms with Crippen molar-refractivity contribution in [2.75, 3.05) is 32.1 Å². The first-order chi connectivity index (χ1) is 9.66. The molecule has 3 rings (SSSR count). The van der Waals surface area contributed by atoms with E-state index in [4.69, 9.17) is 0 Å². The quantitative estimate of drug-likeness (QED) is 0.820. The average Bonchev–Trinajstić information content (AvgIpc) is 2.47. The maximum absolute atomic E-state index is 2.56. The van der Waals surface area contributed by atoms with E-state index in [0.717, 1.165) is 19.1 Å². The van der Waals surface area contributed by atoms with Crippen LogP contribution in [-0.2, 0) is 0 Å². The van der Waals surface area contributed by atoms with Crippen molar-refractivity contribution < 1.29 is 0 Å². The van der Waals surface area contributed by atoms with Gasteiger partial charge in [0.15, 0.2) is 0 Å². The van der Waals surface area contributed by atoms with Crippen LogP contribution in [0, 0.1) is 6.92 Å². The molecule has 0 radical (unpaired) electrons. The van der Waals surface area contributed by atoms with Crippen LogP contribution in [0.25, 0.3) is 10.8 Å². The van der Waals surface area contributed by atoms with E-state index in [1.807, 2.05) is 0 Å². The third kappa shape index (κ3) is 2.40. The van der Waals surface area contributed by atoms with E-state index in [-0.39, 0.29) is 0 Å². The van der Waals surface area contributed by atoms with Gasteiger partial charge in [-0.2, -0.15) is 0 Å². The summed E-state index contributed by atoms with van der Waals surface area (Å²) in [6, 6.07) is 14.0. The fourth-order valence-electron chi connectivity index (χ4n) is 3.39. The zero-order chi connectivity index (χ0) is 14.1. The Labute approximate surface area is 122 Å². The first-order valence-corrected chi connectivity index (χ1v) is 7.56. The van der Waals surface area contributed by atoms with E-state index in [1.54, 1.807) is 0 Å². The summed E-state index contributed by atoms with van der Waals surface area (Å²) in [5.41, 5.74) is 2.80. The summed E-state index contributed by atoms with van der Waals surface area (Å²) >= 11 is 0. The molecule has 0 saturated carbocycles. The van der Waals surface area contributed by atoms with Gasteiger partial charge < -0.3 is 9.80 Å². The third-order valence-corrected chi connectivity index (χ3v) is 4.63. The van der Waals surface area contributed by atoms with Crippen molar-refractivity contribution in [1.29, 1.82) is 0 Å². The number of anilines is 1. The summed E-state index contributed by atoms with van der Waals surface area (Å²) in [5.74, 6) is 0. The SMILES string of the molecule is Cc1cccc2cccc(N3CCC(N(C)C)CC3)c12. The molecule has 20 heavy (non-hydrogen) atoms. The van der Waals surface area contributed by atoms with Crippen molar-refractivity contribution >= 4 is 16.5 Å². The predicted molar refractivity (Wildman–Crippen MR) is 87.6 cm³/mol. The van der Waals surface area contributed by atoms with E-state index < -0.39 is 0 Å². The normalized spacial score (nSPS) is 17.1. The van der Waals surface area contributed by atoms with Gasteiger partial charge in [-0.1, -0.05) is 30.3 Å². The predicted octanol–water partition coefficient (Wildman–Crippen LogP) is 3.68. The van der Waals surface area contributed by atoms with Crippen LogP contribution in [0.1, 0.15) is 18.4 Å². The van der Waals surface area contributed by atoms with E-state index in [0.29, 0.717) is 0 Å². The number of aryl methyl sites for hydroxylation is 1. The Bertz CT molecular complexity index is 590. The molecule has 0 amide bonds. The second kappa shape index (κ2) is 5.45. The molecule has 0 bridgehead atoms. The highest BCUT2D eigenvalue weighted by molar-refractivity contribution is 5.96. The van der Waals surface area contributed by atoms with Crippen molar-refractivity contribution in [2.24, 2.45) is 0 Å². The zero-order valence-corrected chi connectivity index (χ0v) is 12.8. The van der Waals surface area contributed by atoms with Crippen molar-refractivity contribution in [3.8, 4) is 0 Å². The summed E-state index contributed by atoms with van der Waals surface area (Å²) in [5, 5.41) is 2.79. The summed E-state index contributed by atoms with van der Waals surface area (Å²) < 4.78 is 0. The monoisotopic (exact) mass is 268 g/mol. The van der Waals surface area contributed by atoms with E-state index in [1.165, 1.54) is 34.9 Å². The van der Waals surface area contributed by atoms with E-state index >= 15 is 0 Å². The van der Waals surface area contributed by atoms with Crippen LogP contribution >= 0.6 is 0 Å². The van der Waals surface area contributed by atoms with Crippen LogP contribution in [0.5, 0.6) is 0 Å². The van der Waals surface area contributed by atoms with E-state index in [2.05, 4.69) is 67.2 Å². The Balaban J connectivity index is 1.92. The molecule has 0 unspecified atom stereocenters. The molecule has 1 fully saturated rings.